The zero-order valence-corrected chi connectivity index (χ0v) is 12.2. The van der Waals surface area contributed by atoms with E-state index in [1.165, 1.54) is 0 Å². The fourth-order valence-corrected chi connectivity index (χ4v) is 2.52. The zero-order valence-electron chi connectivity index (χ0n) is 12.2. The second kappa shape index (κ2) is 7.74. The van der Waals surface area contributed by atoms with Crippen molar-refractivity contribution in [2.24, 2.45) is 11.7 Å². The maximum absolute atomic E-state index is 12.0. The maximum Gasteiger partial charge on any atom is 0.224 e. The van der Waals surface area contributed by atoms with Gasteiger partial charge in [0.25, 0.3) is 0 Å². The molecule has 1 amide bonds. The van der Waals surface area contributed by atoms with Crippen molar-refractivity contribution in [3.8, 4) is 0 Å². The van der Waals surface area contributed by atoms with Crippen molar-refractivity contribution in [2.45, 2.75) is 46.1 Å². The molecule has 0 radical (unpaired) electrons. The molecular weight excluding hydrogens is 226 g/mol. The van der Waals surface area contributed by atoms with Crippen LogP contribution < -0.4 is 5.73 Å². The molecule has 1 rings (SSSR count). The number of carbonyl (C=O) groups excluding carboxylic acids is 1. The molecule has 1 aliphatic heterocycles. The van der Waals surface area contributed by atoms with Crippen molar-refractivity contribution >= 4 is 5.91 Å². The second-order valence-corrected chi connectivity index (χ2v) is 5.83. The van der Waals surface area contributed by atoms with Crippen LogP contribution in [0.3, 0.4) is 0 Å². The Hall–Kier alpha value is -0.610. The van der Waals surface area contributed by atoms with Gasteiger partial charge in [-0.1, -0.05) is 27.2 Å². The topological polar surface area (TPSA) is 49.6 Å². The third kappa shape index (κ3) is 5.36. The Balaban J connectivity index is 2.27. The molecule has 18 heavy (non-hydrogen) atoms. The van der Waals surface area contributed by atoms with Crippen LogP contribution in [0.5, 0.6) is 0 Å². The first-order valence-electron chi connectivity index (χ1n) is 7.28. The zero-order chi connectivity index (χ0) is 13.5. The van der Waals surface area contributed by atoms with E-state index in [0.717, 1.165) is 45.6 Å². The maximum atomic E-state index is 12.0. The van der Waals surface area contributed by atoms with E-state index in [2.05, 4.69) is 25.7 Å². The Kier molecular flexibility index (Phi) is 6.65. The standard InChI is InChI=1S/C14H29N3O/c1-4-5-13(15)10-14(18)17-8-6-16(7-9-17)11-12(2)3/h12-13H,4-11,15H2,1-3H3. The summed E-state index contributed by atoms with van der Waals surface area (Å²) in [6, 6.07) is 0.0381. The lowest BCUT2D eigenvalue weighted by molar-refractivity contribution is -0.133. The first kappa shape index (κ1) is 15.4. The summed E-state index contributed by atoms with van der Waals surface area (Å²) in [5.41, 5.74) is 5.93. The summed E-state index contributed by atoms with van der Waals surface area (Å²) in [6.07, 6.45) is 2.51. The van der Waals surface area contributed by atoms with E-state index in [0.29, 0.717) is 12.3 Å². The number of rotatable bonds is 6. The summed E-state index contributed by atoms with van der Waals surface area (Å²) in [5.74, 6) is 0.936. The van der Waals surface area contributed by atoms with Crippen LogP contribution in [0.25, 0.3) is 0 Å². The van der Waals surface area contributed by atoms with E-state index in [1.54, 1.807) is 0 Å². The van der Waals surface area contributed by atoms with Gasteiger partial charge in [-0.3, -0.25) is 9.69 Å². The molecule has 2 N–H and O–H groups in total. The van der Waals surface area contributed by atoms with Crippen LogP contribution in [0.4, 0.5) is 0 Å². The lowest BCUT2D eigenvalue weighted by Gasteiger charge is -2.36. The first-order chi connectivity index (χ1) is 8.52. The van der Waals surface area contributed by atoms with Gasteiger partial charge >= 0.3 is 0 Å². The third-order valence-electron chi connectivity index (χ3n) is 3.44. The van der Waals surface area contributed by atoms with Gasteiger partial charge in [-0.25, -0.2) is 0 Å². The van der Waals surface area contributed by atoms with Gasteiger partial charge in [0.2, 0.25) is 5.91 Å². The first-order valence-corrected chi connectivity index (χ1v) is 7.28. The molecule has 1 heterocycles. The highest BCUT2D eigenvalue weighted by atomic mass is 16.2. The Morgan fingerprint density at radius 3 is 2.33 bits per heavy atom. The number of nitrogens with two attached hydrogens (primary N) is 1. The van der Waals surface area contributed by atoms with E-state index in [-0.39, 0.29) is 11.9 Å². The third-order valence-corrected chi connectivity index (χ3v) is 3.44. The predicted molar refractivity (Wildman–Crippen MR) is 75.4 cm³/mol. The van der Waals surface area contributed by atoms with Crippen LogP contribution in [0.1, 0.15) is 40.0 Å². The van der Waals surface area contributed by atoms with E-state index < -0.39 is 0 Å². The Labute approximate surface area is 111 Å². The van der Waals surface area contributed by atoms with Crippen LogP contribution in [-0.4, -0.2) is 54.5 Å². The van der Waals surface area contributed by atoms with Crippen LogP contribution in [-0.2, 0) is 4.79 Å². The normalized spacial score (nSPS) is 19.3. The van der Waals surface area contributed by atoms with E-state index in [1.807, 2.05) is 4.90 Å². The van der Waals surface area contributed by atoms with Gasteiger partial charge in [0.05, 0.1) is 0 Å². The molecule has 1 saturated heterocycles. The monoisotopic (exact) mass is 255 g/mol. The fourth-order valence-electron chi connectivity index (χ4n) is 2.52. The van der Waals surface area contributed by atoms with Crippen LogP contribution in [0.15, 0.2) is 0 Å². The molecule has 0 bridgehead atoms. The summed E-state index contributed by atoms with van der Waals surface area (Å²) >= 11 is 0. The van der Waals surface area contributed by atoms with Gasteiger partial charge in [0.15, 0.2) is 0 Å². The number of carbonyl (C=O) groups is 1. The summed E-state index contributed by atoms with van der Waals surface area (Å²) in [7, 11) is 0. The smallest absolute Gasteiger partial charge is 0.224 e. The van der Waals surface area contributed by atoms with Gasteiger partial charge < -0.3 is 10.6 Å². The minimum absolute atomic E-state index is 0.0381. The number of hydrogen-bond donors (Lipinski definition) is 1. The quantitative estimate of drug-likeness (QED) is 0.778. The molecule has 1 unspecified atom stereocenters. The lowest BCUT2D eigenvalue weighted by Crippen LogP contribution is -2.50. The molecule has 0 aromatic rings. The molecule has 4 nitrogen and oxygen atoms in total. The van der Waals surface area contributed by atoms with Gasteiger partial charge in [-0.05, 0) is 12.3 Å². The van der Waals surface area contributed by atoms with Gasteiger partial charge in [-0.15, -0.1) is 0 Å². The van der Waals surface area contributed by atoms with Crippen molar-refractivity contribution in [2.75, 3.05) is 32.7 Å². The van der Waals surface area contributed by atoms with Crippen LogP contribution in [0, 0.1) is 5.92 Å². The lowest BCUT2D eigenvalue weighted by atomic mass is 10.1. The Morgan fingerprint density at radius 2 is 1.83 bits per heavy atom. The minimum atomic E-state index is 0.0381. The van der Waals surface area contributed by atoms with E-state index in [9.17, 15) is 4.79 Å². The molecule has 0 aliphatic carbocycles. The average molecular weight is 255 g/mol. The van der Waals surface area contributed by atoms with E-state index >= 15 is 0 Å². The van der Waals surface area contributed by atoms with Gasteiger partial charge in [0.1, 0.15) is 0 Å². The Bertz CT molecular complexity index is 247. The summed E-state index contributed by atoms with van der Waals surface area (Å²) in [5, 5.41) is 0. The van der Waals surface area contributed by atoms with Crippen molar-refractivity contribution in [3.05, 3.63) is 0 Å². The van der Waals surface area contributed by atoms with Crippen molar-refractivity contribution < 1.29 is 4.79 Å². The largest absolute Gasteiger partial charge is 0.340 e. The SMILES string of the molecule is CCCC(N)CC(=O)N1CCN(CC(C)C)CC1. The van der Waals surface area contributed by atoms with Crippen molar-refractivity contribution in [1.82, 2.24) is 9.80 Å². The molecule has 1 fully saturated rings. The van der Waals surface area contributed by atoms with Crippen molar-refractivity contribution in [1.29, 1.82) is 0 Å². The van der Waals surface area contributed by atoms with Crippen LogP contribution >= 0.6 is 0 Å². The highest BCUT2D eigenvalue weighted by molar-refractivity contribution is 5.76. The molecule has 0 saturated carbocycles. The summed E-state index contributed by atoms with van der Waals surface area (Å²) in [6.45, 7) is 11.5. The van der Waals surface area contributed by atoms with Crippen LogP contribution in [0.2, 0.25) is 0 Å². The molecule has 0 spiro atoms. The van der Waals surface area contributed by atoms with Crippen molar-refractivity contribution in [3.63, 3.8) is 0 Å². The Morgan fingerprint density at radius 1 is 1.22 bits per heavy atom. The molecule has 1 aliphatic rings. The highest BCUT2D eigenvalue weighted by Gasteiger charge is 2.22. The van der Waals surface area contributed by atoms with Gasteiger partial charge in [0, 0.05) is 45.2 Å². The molecule has 0 aromatic carbocycles. The molecule has 1 atom stereocenters. The predicted octanol–water partition coefficient (Wildman–Crippen LogP) is 1.30. The fraction of sp³-hybridized carbons (Fsp3) is 0.929. The molecular formula is C14H29N3O. The molecule has 106 valence electrons. The number of amides is 1. The summed E-state index contributed by atoms with van der Waals surface area (Å²) < 4.78 is 0. The minimum Gasteiger partial charge on any atom is -0.340 e. The average Bonchev–Trinajstić information content (AvgIpc) is 2.29. The summed E-state index contributed by atoms with van der Waals surface area (Å²) in [4.78, 5) is 16.5. The van der Waals surface area contributed by atoms with E-state index in [4.69, 9.17) is 5.73 Å². The molecule has 4 heteroatoms. The number of nitrogens with zero attached hydrogens (tertiary/aromatic N) is 2. The second-order valence-electron chi connectivity index (χ2n) is 5.83. The molecule has 0 aromatic heterocycles. The number of piperazine rings is 1. The highest BCUT2D eigenvalue weighted by Crippen LogP contribution is 2.08. The van der Waals surface area contributed by atoms with Gasteiger partial charge in [-0.2, -0.15) is 0 Å². The number of hydrogen-bond acceptors (Lipinski definition) is 3.